The highest BCUT2D eigenvalue weighted by atomic mass is 32.2. The highest BCUT2D eigenvalue weighted by molar-refractivity contribution is 7.98. The van der Waals surface area contributed by atoms with Gasteiger partial charge in [0.1, 0.15) is 5.65 Å². The first-order valence-electron chi connectivity index (χ1n) is 8.16. The Hall–Kier alpha value is -3.06. The molecule has 0 spiro atoms. The zero-order valence-corrected chi connectivity index (χ0v) is 15.0. The van der Waals surface area contributed by atoms with Crippen LogP contribution in [0.5, 0.6) is 0 Å². The summed E-state index contributed by atoms with van der Waals surface area (Å²) in [4.78, 5) is 17.9. The van der Waals surface area contributed by atoms with E-state index in [2.05, 4.69) is 20.5 Å². The van der Waals surface area contributed by atoms with Crippen molar-refractivity contribution in [2.24, 2.45) is 0 Å². The van der Waals surface area contributed by atoms with Crippen molar-refractivity contribution in [3.8, 4) is 0 Å². The Kier molecular flexibility index (Phi) is 4.45. The number of nitrogens with one attached hydrogen (secondary N) is 2. The van der Waals surface area contributed by atoms with Gasteiger partial charge in [-0.25, -0.2) is 4.98 Å². The monoisotopic (exact) mass is 363 g/mol. The third-order valence-corrected chi connectivity index (χ3v) is 4.91. The lowest BCUT2D eigenvalue weighted by Crippen LogP contribution is -2.11. The molecule has 0 saturated heterocycles. The number of nitrogens with zero attached hydrogens (tertiary/aromatic N) is 3. The van der Waals surface area contributed by atoms with Gasteiger partial charge in [0.25, 0.3) is 5.91 Å². The summed E-state index contributed by atoms with van der Waals surface area (Å²) in [5.41, 5.74) is 3.47. The van der Waals surface area contributed by atoms with Crippen molar-refractivity contribution in [3.63, 3.8) is 0 Å². The Bertz CT molecular complexity index is 1020. The molecule has 4 aromatic rings. The van der Waals surface area contributed by atoms with E-state index in [9.17, 15) is 4.79 Å². The smallest absolute Gasteiger partial charge is 0.256 e. The van der Waals surface area contributed by atoms with Gasteiger partial charge in [-0.3, -0.25) is 9.89 Å². The summed E-state index contributed by atoms with van der Waals surface area (Å²) < 4.78 is 2.01. The number of anilines is 1. The molecule has 130 valence electrons. The second-order valence-corrected chi connectivity index (χ2v) is 6.95. The molecule has 3 heterocycles. The summed E-state index contributed by atoms with van der Waals surface area (Å²) in [5, 5.41) is 9.58. The molecule has 0 saturated carbocycles. The Morgan fingerprint density at radius 2 is 2.08 bits per heavy atom. The highest BCUT2D eigenvalue weighted by Gasteiger charge is 2.08. The van der Waals surface area contributed by atoms with Gasteiger partial charge in [-0.15, -0.1) is 11.8 Å². The number of pyridine rings is 1. The zero-order valence-electron chi connectivity index (χ0n) is 14.1. The molecule has 7 heteroatoms. The lowest BCUT2D eigenvalue weighted by atomic mass is 10.2. The van der Waals surface area contributed by atoms with Crippen molar-refractivity contribution in [3.05, 3.63) is 77.9 Å². The van der Waals surface area contributed by atoms with E-state index in [0.29, 0.717) is 11.4 Å². The molecule has 2 N–H and O–H groups in total. The SMILES string of the molecule is Cc1cc(NC(=O)c2ccc(SCc3cn4ccccc4n3)cc2)n[nH]1. The fourth-order valence-corrected chi connectivity index (χ4v) is 3.37. The van der Waals surface area contributed by atoms with Gasteiger partial charge in [-0.2, -0.15) is 5.10 Å². The number of imidazole rings is 1. The van der Waals surface area contributed by atoms with E-state index < -0.39 is 0 Å². The lowest BCUT2D eigenvalue weighted by molar-refractivity contribution is 0.102. The molecular weight excluding hydrogens is 346 g/mol. The maximum absolute atomic E-state index is 12.2. The van der Waals surface area contributed by atoms with Crippen molar-refractivity contribution in [2.45, 2.75) is 17.6 Å². The van der Waals surface area contributed by atoms with Gasteiger partial charge < -0.3 is 9.72 Å². The first-order chi connectivity index (χ1) is 12.7. The molecule has 1 aromatic carbocycles. The maximum Gasteiger partial charge on any atom is 0.256 e. The topological polar surface area (TPSA) is 75.1 Å². The zero-order chi connectivity index (χ0) is 17.9. The molecule has 0 aliphatic rings. The number of carbonyl (C=O) groups is 1. The third-order valence-electron chi connectivity index (χ3n) is 3.86. The number of fused-ring (bicyclic) bond motifs is 1. The number of aromatic nitrogens is 4. The second-order valence-electron chi connectivity index (χ2n) is 5.90. The predicted octanol–water partition coefficient (Wildman–Crippen LogP) is 3.91. The van der Waals surface area contributed by atoms with Crippen molar-refractivity contribution in [1.82, 2.24) is 19.6 Å². The van der Waals surface area contributed by atoms with Crippen molar-refractivity contribution < 1.29 is 4.79 Å². The number of H-pyrrole nitrogens is 1. The maximum atomic E-state index is 12.2. The Morgan fingerprint density at radius 3 is 2.81 bits per heavy atom. The molecule has 0 bridgehead atoms. The summed E-state index contributed by atoms with van der Waals surface area (Å²) in [6.45, 7) is 1.89. The normalized spacial score (nSPS) is 11.0. The third kappa shape index (κ3) is 3.62. The lowest BCUT2D eigenvalue weighted by Gasteiger charge is -2.04. The van der Waals surface area contributed by atoms with Gasteiger partial charge in [0.05, 0.1) is 5.69 Å². The van der Waals surface area contributed by atoms with Crippen LogP contribution in [0.25, 0.3) is 5.65 Å². The quantitative estimate of drug-likeness (QED) is 0.527. The fraction of sp³-hybridized carbons (Fsp3) is 0.105. The predicted molar refractivity (Wildman–Crippen MR) is 102 cm³/mol. The first kappa shape index (κ1) is 16.4. The minimum atomic E-state index is -0.173. The highest BCUT2D eigenvalue weighted by Crippen LogP contribution is 2.23. The number of rotatable bonds is 5. The molecule has 0 atom stereocenters. The average molecular weight is 363 g/mol. The standard InChI is InChI=1S/C19H17N5OS/c1-13-10-17(23-22-13)21-19(25)14-5-7-16(8-6-14)26-12-15-11-24-9-3-2-4-18(24)20-15/h2-11H,12H2,1H3,(H2,21,22,23,25). The van der Waals surface area contributed by atoms with E-state index in [4.69, 9.17) is 0 Å². The van der Waals surface area contributed by atoms with Gasteiger partial charge in [0.15, 0.2) is 5.82 Å². The molecule has 0 radical (unpaired) electrons. The van der Waals surface area contributed by atoms with Crippen LogP contribution < -0.4 is 5.32 Å². The Labute approximate surface area is 154 Å². The van der Waals surface area contributed by atoms with Gasteiger partial charge in [-0.1, -0.05) is 6.07 Å². The minimum absolute atomic E-state index is 0.173. The fourth-order valence-electron chi connectivity index (χ4n) is 2.59. The van der Waals surface area contributed by atoms with Crippen LogP contribution in [0.3, 0.4) is 0 Å². The van der Waals surface area contributed by atoms with Crippen LogP contribution in [0.4, 0.5) is 5.82 Å². The second kappa shape index (κ2) is 7.05. The Balaban J connectivity index is 1.38. The summed E-state index contributed by atoms with van der Waals surface area (Å²) in [7, 11) is 0. The van der Waals surface area contributed by atoms with Crippen LogP contribution in [0, 0.1) is 6.92 Å². The molecular formula is C19H17N5OS. The molecule has 0 aliphatic carbocycles. The number of aryl methyl sites for hydroxylation is 1. The molecule has 0 fully saturated rings. The number of thioether (sulfide) groups is 1. The molecule has 0 unspecified atom stereocenters. The summed E-state index contributed by atoms with van der Waals surface area (Å²) in [6.07, 6.45) is 4.03. The molecule has 4 rings (SSSR count). The Morgan fingerprint density at radius 1 is 1.23 bits per heavy atom. The number of carbonyl (C=O) groups excluding carboxylic acids is 1. The van der Waals surface area contributed by atoms with E-state index in [1.807, 2.05) is 66.2 Å². The number of aromatic amines is 1. The molecule has 6 nitrogen and oxygen atoms in total. The summed E-state index contributed by atoms with van der Waals surface area (Å²) >= 11 is 1.69. The van der Waals surface area contributed by atoms with Gasteiger partial charge in [0.2, 0.25) is 0 Å². The summed E-state index contributed by atoms with van der Waals surface area (Å²) in [6, 6.07) is 15.3. The number of benzene rings is 1. The van der Waals surface area contributed by atoms with Crippen LogP contribution in [0.2, 0.25) is 0 Å². The van der Waals surface area contributed by atoms with E-state index in [1.165, 1.54) is 0 Å². The van der Waals surface area contributed by atoms with Gasteiger partial charge >= 0.3 is 0 Å². The van der Waals surface area contributed by atoms with Gasteiger partial charge in [-0.05, 0) is 43.3 Å². The van der Waals surface area contributed by atoms with Crippen molar-refractivity contribution in [1.29, 1.82) is 0 Å². The molecule has 0 aliphatic heterocycles. The number of hydrogen-bond acceptors (Lipinski definition) is 4. The summed E-state index contributed by atoms with van der Waals surface area (Å²) in [5.74, 6) is 1.13. The van der Waals surface area contributed by atoms with Crippen molar-refractivity contribution in [2.75, 3.05) is 5.32 Å². The molecule has 1 amide bonds. The average Bonchev–Trinajstić information content (AvgIpc) is 3.25. The largest absolute Gasteiger partial charge is 0.307 e. The number of amides is 1. The first-order valence-corrected chi connectivity index (χ1v) is 9.15. The van der Waals surface area contributed by atoms with Crippen LogP contribution in [0.15, 0.2) is 65.8 Å². The molecule has 3 aromatic heterocycles. The van der Waals surface area contributed by atoms with E-state index in [1.54, 1.807) is 17.8 Å². The van der Waals surface area contributed by atoms with E-state index in [0.717, 1.165) is 27.7 Å². The van der Waals surface area contributed by atoms with E-state index in [-0.39, 0.29) is 5.91 Å². The minimum Gasteiger partial charge on any atom is -0.307 e. The van der Waals surface area contributed by atoms with E-state index >= 15 is 0 Å². The van der Waals surface area contributed by atoms with Gasteiger partial charge in [0, 0.05) is 40.4 Å². The van der Waals surface area contributed by atoms with Crippen LogP contribution >= 0.6 is 11.8 Å². The van der Waals surface area contributed by atoms with Crippen molar-refractivity contribution >= 4 is 29.1 Å². The number of hydrogen-bond donors (Lipinski definition) is 2. The molecule has 26 heavy (non-hydrogen) atoms. The van der Waals surface area contributed by atoms with Crippen LogP contribution in [0.1, 0.15) is 21.7 Å². The van der Waals surface area contributed by atoms with Crippen LogP contribution in [-0.4, -0.2) is 25.5 Å². The van der Waals surface area contributed by atoms with Crippen LogP contribution in [-0.2, 0) is 5.75 Å².